The highest BCUT2D eigenvalue weighted by molar-refractivity contribution is 6.00. The normalized spacial score (nSPS) is 15.5. The lowest BCUT2D eigenvalue weighted by Gasteiger charge is -2.23. The molecule has 3 aromatic carbocycles. The van der Waals surface area contributed by atoms with Gasteiger partial charge in [-0.05, 0) is 49.2 Å². The monoisotopic (exact) mass is 474 g/mol. The van der Waals surface area contributed by atoms with Gasteiger partial charge in [-0.3, -0.25) is 9.69 Å². The maximum absolute atomic E-state index is 13.5. The van der Waals surface area contributed by atoms with E-state index in [-0.39, 0.29) is 5.91 Å². The van der Waals surface area contributed by atoms with Crippen molar-refractivity contribution in [2.45, 2.75) is 39.0 Å². The van der Waals surface area contributed by atoms with Crippen LogP contribution in [-0.4, -0.2) is 43.6 Å². The summed E-state index contributed by atoms with van der Waals surface area (Å²) >= 11 is 0. The van der Waals surface area contributed by atoms with Gasteiger partial charge < -0.3 is 19.5 Å². The molecule has 0 bridgehead atoms. The Balaban J connectivity index is 1.57. The number of ether oxygens (including phenoxy) is 3. The first-order valence-corrected chi connectivity index (χ1v) is 12.3. The number of likely N-dealkylation sites (tertiary alicyclic amines) is 1. The highest BCUT2D eigenvalue weighted by Gasteiger charge is 2.27. The average molecular weight is 475 g/mol. The summed E-state index contributed by atoms with van der Waals surface area (Å²) < 4.78 is 17.9. The molecule has 0 aliphatic carbocycles. The van der Waals surface area contributed by atoms with Crippen molar-refractivity contribution in [1.82, 2.24) is 10.2 Å². The summed E-state index contributed by atoms with van der Waals surface area (Å²) in [5, 5.41) is 3.12. The van der Waals surface area contributed by atoms with E-state index in [4.69, 9.17) is 14.2 Å². The second-order valence-electron chi connectivity index (χ2n) is 8.65. The van der Waals surface area contributed by atoms with Gasteiger partial charge in [0, 0.05) is 12.6 Å². The van der Waals surface area contributed by atoms with E-state index in [2.05, 4.69) is 17.1 Å². The summed E-state index contributed by atoms with van der Waals surface area (Å²) in [7, 11) is 1.55. The Kier molecular flexibility index (Phi) is 8.63. The second kappa shape index (κ2) is 12.3. The lowest BCUT2D eigenvalue weighted by molar-refractivity contribution is 0.0932. The minimum atomic E-state index is -0.224. The van der Waals surface area contributed by atoms with Crippen LogP contribution in [0.3, 0.4) is 0 Å². The van der Waals surface area contributed by atoms with E-state index >= 15 is 0 Å². The van der Waals surface area contributed by atoms with Crippen LogP contribution >= 0.6 is 0 Å². The highest BCUT2D eigenvalue weighted by atomic mass is 16.5. The van der Waals surface area contributed by atoms with Crippen molar-refractivity contribution >= 4 is 5.91 Å². The van der Waals surface area contributed by atoms with E-state index in [1.807, 2.05) is 60.7 Å². The van der Waals surface area contributed by atoms with Gasteiger partial charge in [0.15, 0.2) is 11.5 Å². The summed E-state index contributed by atoms with van der Waals surface area (Å²) in [6.07, 6.45) is 2.24. The Morgan fingerprint density at radius 1 is 0.914 bits per heavy atom. The van der Waals surface area contributed by atoms with Gasteiger partial charge in [-0.15, -0.1) is 0 Å². The van der Waals surface area contributed by atoms with Crippen molar-refractivity contribution < 1.29 is 19.0 Å². The van der Waals surface area contributed by atoms with Gasteiger partial charge in [0.2, 0.25) is 0 Å². The van der Waals surface area contributed by atoms with E-state index in [0.717, 1.165) is 37.1 Å². The molecule has 1 saturated heterocycles. The van der Waals surface area contributed by atoms with Gasteiger partial charge >= 0.3 is 0 Å². The van der Waals surface area contributed by atoms with E-state index in [1.165, 1.54) is 0 Å². The molecule has 4 rings (SSSR count). The largest absolute Gasteiger partial charge is 0.492 e. The number of carbonyl (C=O) groups is 1. The highest BCUT2D eigenvalue weighted by Crippen LogP contribution is 2.38. The SMILES string of the molecule is CCN1CCCC1CNC(=O)c1c(OCc2ccccc2)ccc(OCc2ccccc2)c1OC. The summed E-state index contributed by atoms with van der Waals surface area (Å²) in [6, 6.07) is 23.7. The number of nitrogens with zero attached hydrogens (tertiary/aromatic N) is 1. The van der Waals surface area contributed by atoms with Crippen molar-refractivity contribution in [3.05, 3.63) is 89.5 Å². The number of hydrogen-bond acceptors (Lipinski definition) is 5. The third-order valence-corrected chi connectivity index (χ3v) is 6.39. The van der Waals surface area contributed by atoms with Crippen LogP contribution in [0.2, 0.25) is 0 Å². The molecule has 35 heavy (non-hydrogen) atoms. The predicted molar refractivity (Wildman–Crippen MR) is 137 cm³/mol. The van der Waals surface area contributed by atoms with Crippen molar-refractivity contribution in [2.75, 3.05) is 26.7 Å². The molecule has 1 N–H and O–H groups in total. The Morgan fingerprint density at radius 2 is 1.51 bits per heavy atom. The molecule has 1 heterocycles. The Labute approximate surface area is 207 Å². The molecule has 0 saturated carbocycles. The standard InChI is InChI=1S/C29H34N2O4/c1-3-31-18-10-15-24(31)19-30-29(32)27-25(34-20-22-11-6-4-7-12-22)16-17-26(28(27)33-2)35-21-23-13-8-5-9-14-23/h4-9,11-14,16-17,24H,3,10,15,18-21H2,1-2H3,(H,30,32). The maximum atomic E-state index is 13.5. The first-order chi connectivity index (χ1) is 17.2. The van der Waals surface area contributed by atoms with Crippen LogP contribution < -0.4 is 19.5 Å². The van der Waals surface area contributed by atoms with Crippen LogP contribution in [0, 0.1) is 0 Å². The van der Waals surface area contributed by atoms with Crippen LogP contribution in [0.4, 0.5) is 0 Å². The number of benzene rings is 3. The molecule has 1 atom stereocenters. The van der Waals surface area contributed by atoms with Crippen LogP contribution in [0.15, 0.2) is 72.8 Å². The van der Waals surface area contributed by atoms with E-state index in [1.54, 1.807) is 19.2 Å². The Hall–Kier alpha value is -3.51. The van der Waals surface area contributed by atoms with Gasteiger partial charge in [0.25, 0.3) is 5.91 Å². The lowest BCUT2D eigenvalue weighted by atomic mass is 10.1. The molecule has 6 heteroatoms. The number of methoxy groups -OCH3 is 1. The van der Waals surface area contributed by atoms with Crippen LogP contribution in [-0.2, 0) is 13.2 Å². The first kappa shape index (κ1) is 24.6. The van der Waals surface area contributed by atoms with Gasteiger partial charge in [0.1, 0.15) is 24.5 Å². The van der Waals surface area contributed by atoms with Gasteiger partial charge in [-0.2, -0.15) is 0 Å². The summed E-state index contributed by atoms with van der Waals surface area (Å²) in [6.45, 7) is 5.53. The zero-order valence-corrected chi connectivity index (χ0v) is 20.5. The fourth-order valence-electron chi connectivity index (χ4n) is 4.51. The fourth-order valence-corrected chi connectivity index (χ4v) is 4.51. The molecular formula is C29H34N2O4. The number of likely N-dealkylation sites (N-methyl/N-ethyl adjacent to an activating group) is 1. The molecule has 1 amide bonds. The molecule has 6 nitrogen and oxygen atoms in total. The number of hydrogen-bond donors (Lipinski definition) is 1. The molecular weight excluding hydrogens is 440 g/mol. The zero-order valence-electron chi connectivity index (χ0n) is 20.5. The Bertz CT molecular complexity index is 1090. The predicted octanol–water partition coefficient (Wildman–Crippen LogP) is 5.07. The van der Waals surface area contributed by atoms with Crippen LogP contribution in [0.1, 0.15) is 41.3 Å². The average Bonchev–Trinajstić information content (AvgIpc) is 3.38. The molecule has 1 aliphatic rings. The molecule has 184 valence electrons. The number of rotatable bonds is 11. The minimum Gasteiger partial charge on any atom is -0.492 e. The van der Waals surface area contributed by atoms with Crippen molar-refractivity contribution in [2.24, 2.45) is 0 Å². The molecule has 0 radical (unpaired) electrons. The number of amides is 1. The zero-order chi connectivity index (χ0) is 24.5. The van der Waals surface area contributed by atoms with Gasteiger partial charge in [0.05, 0.1) is 7.11 Å². The van der Waals surface area contributed by atoms with Gasteiger partial charge in [-0.25, -0.2) is 0 Å². The third kappa shape index (κ3) is 6.34. The first-order valence-electron chi connectivity index (χ1n) is 12.3. The lowest BCUT2D eigenvalue weighted by Crippen LogP contribution is -2.40. The molecule has 3 aromatic rings. The quantitative estimate of drug-likeness (QED) is 0.421. The van der Waals surface area contributed by atoms with E-state index < -0.39 is 0 Å². The van der Waals surface area contributed by atoms with Crippen LogP contribution in [0.5, 0.6) is 17.2 Å². The smallest absolute Gasteiger partial charge is 0.259 e. The number of carbonyl (C=O) groups excluding carboxylic acids is 1. The number of nitrogens with one attached hydrogen (secondary N) is 1. The minimum absolute atomic E-state index is 0.224. The summed E-state index contributed by atoms with van der Waals surface area (Å²) in [5.41, 5.74) is 2.41. The van der Waals surface area contributed by atoms with Crippen molar-refractivity contribution in [1.29, 1.82) is 0 Å². The van der Waals surface area contributed by atoms with E-state index in [9.17, 15) is 4.79 Å². The topological polar surface area (TPSA) is 60.0 Å². The molecule has 0 aromatic heterocycles. The molecule has 1 aliphatic heterocycles. The summed E-state index contributed by atoms with van der Waals surface area (Å²) in [5.74, 6) is 1.12. The van der Waals surface area contributed by atoms with Crippen molar-refractivity contribution in [3.63, 3.8) is 0 Å². The fraction of sp³-hybridized carbons (Fsp3) is 0.345. The summed E-state index contributed by atoms with van der Waals surface area (Å²) in [4.78, 5) is 15.9. The second-order valence-corrected chi connectivity index (χ2v) is 8.65. The molecule has 1 fully saturated rings. The molecule has 0 spiro atoms. The van der Waals surface area contributed by atoms with Gasteiger partial charge in [-0.1, -0.05) is 67.6 Å². The van der Waals surface area contributed by atoms with Crippen molar-refractivity contribution in [3.8, 4) is 17.2 Å². The van der Waals surface area contributed by atoms with E-state index in [0.29, 0.717) is 48.6 Å². The molecule has 1 unspecified atom stereocenters. The maximum Gasteiger partial charge on any atom is 0.259 e. The third-order valence-electron chi connectivity index (χ3n) is 6.39. The van der Waals surface area contributed by atoms with Crippen LogP contribution in [0.25, 0.3) is 0 Å². The Morgan fingerprint density at radius 3 is 2.11 bits per heavy atom.